The highest BCUT2D eigenvalue weighted by Crippen LogP contribution is 2.22. The maximum absolute atomic E-state index is 12.4. The Hall–Kier alpha value is -2.32. The molecule has 2 aromatic rings. The van der Waals surface area contributed by atoms with Gasteiger partial charge in [-0.3, -0.25) is 4.79 Å². The molecular formula is C14H12N2O3. The Kier molecular flexibility index (Phi) is 2.94. The lowest BCUT2D eigenvalue weighted by Gasteiger charge is -2.29. The highest BCUT2D eigenvalue weighted by atomic mass is 16.5. The summed E-state index contributed by atoms with van der Waals surface area (Å²) in [6, 6.07) is 9.44. The van der Waals surface area contributed by atoms with Crippen LogP contribution in [-0.4, -0.2) is 36.6 Å². The average molecular weight is 256 g/mol. The number of carbonyl (C=O) groups excluding carboxylic acids is 1. The molecule has 1 aliphatic heterocycles. The zero-order valence-electron chi connectivity index (χ0n) is 10.2. The number of rotatable bonds is 1. The van der Waals surface area contributed by atoms with Gasteiger partial charge in [-0.2, -0.15) is 5.26 Å². The molecule has 5 nitrogen and oxygen atoms in total. The molecule has 2 heterocycles. The molecule has 1 aromatic heterocycles. The van der Waals surface area contributed by atoms with Crippen LogP contribution in [0.25, 0.3) is 11.0 Å². The van der Waals surface area contributed by atoms with Crippen LogP contribution in [0.5, 0.6) is 0 Å². The summed E-state index contributed by atoms with van der Waals surface area (Å²) in [5, 5.41) is 9.66. The third-order valence-electron chi connectivity index (χ3n) is 3.21. The molecule has 0 saturated carbocycles. The molecule has 0 N–H and O–H groups in total. The lowest BCUT2D eigenvalue weighted by atomic mass is 10.1. The van der Waals surface area contributed by atoms with Crippen molar-refractivity contribution in [2.45, 2.75) is 6.10 Å². The van der Waals surface area contributed by atoms with Gasteiger partial charge in [0, 0.05) is 11.9 Å². The number of furan rings is 1. The number of ether oxygens (including phenoxy) is 1. The Morgan fingerprint density at radius 2 is 2.26 bits per heavy atom. The number of nitrogens with zero attached hydrogens (tertiary/aromatic N) is 2. The first kappa shape index (κ1) is 11.8. The molecule has 1 fully saturated rings. The number of fused-ring (bicyclic) bond motifs is 1. The number of nitriles is 1. The van der Waals surface area contributed by atoms with E-state index in [2.05, 4.69) is 0 Å². The van der Waals surface area contributed by atoms with Crippen LogP contribution in [0.3, 0.4) is 0 Å². The first-order valence-electron chi connectivity index (χ1n) is 6.06. The van der Waals surface area contributed by atoms with E-state index in [9.17, 15) is 4.79 Å². The van der Waals surface area contributed by atoms with Crippen molar-refractivity contribution in [1.29, 1.82) is 5.26 Å². The maximum Gasteiger partial charge on any atom is 0.257 e. The second-order valence-corrected chi connectivity index (χ2v) is 4.39. The molecule has 1 unspecified atom stereocenters. The van der Waals surface area contributed by atoms with E-state index in [4.69, 9.17) is 14.4 Å². The van der Waals surface area contributed by atoms with Gasteiger partial charge in [0.15, 0.2) is 6.10 Å². The Labute approximate surface area is 110 Å². The van der Waals surface area contributed by atoms with Gasteiger partial charge in [0.25, 0.3) is 5.91 Å². The highest BCUT2D eigenvalue weighted by Gasteiger charge is 2.26. The number of hydrogen-bond acceptors (Lipinski definition) is 4. The quantitative estimate of drug-likeness (QED) is 0.780. The second kappa shape index (κ2) is 4.75. The van der Waals surface area contributed by atoms with Crippen LogP contribution >= 0.6 is 0 Å². The van der Waals surface area contributed by atoms with Crippen molar-refractivity contribution < 1.29 is 13.9 Å². The minimum atomic E-state index is -0.545. The van der Waals surface area contributed by atoms with E-state index in [1.807, 2.05) is 30.3 Å². The Morgan fingerprint density at radius 3 is 3.11 bits per heavy atom. The fraction of sp³-hybridized carbons (Fsp3) is 0.286. The zero-order valence-corrected chi connectivity index (χ0v) is 10.2. The van der Waals surface area contributed by atoms with Crippen LogP contribution in [-0.2, 0) is 4.74 Å². The van der Waals surface area contributed by atoms with Gasteiger partial charge in [0.05, 0.1) is 24.8 Å². The fourth-order valence-electron chi connectivity index (χ4n) is 2.23. The topological polar surface area (TPSA) is 66.5 Å². The molecule has 1 saturated heterocycles. The van der Waals surface area contributed by atoms with Crippen molar-refractivity contribution in [3.63, 3.8) is 0 Å². The van der Waals surface area contributed by atoms with Crippen LogP contribution in [0.2, 0.25) is 0 Å². The van der Waals surface area contributed by atoms with Gasteiger partial charge in [-0.15, -0.1) is 0 Å². The maximum atomic E-state index is 12.4. The van der Waals surface area contributed by atoms with Crippen molar-refractivity contribution >= 4 is 16.9 Å². The molecule has 96 valence electrons. The smallest absolute Gasteiger partial charge is 0.257 e. The summed E-state index contributed by atoms with van der Waals surface area (Å²) in [5.74, 6) is -0.117. The summed E-state index contributed by atoms with van der Waals surface area (Å²) in [5.41, 5.74) is 1.23. The standard InChI is InChI=1S/C14H12N2O3/c15-7-10-8-16(5-6-18-10)14(17)12-9-19-13-4-2-1-3-11(12)13/h1-4,9-10H,5-6,8H2. The lowest BCUT2D eigenvalue weighted by Crippen LogP contribution is -2.45. The number of benzene rings is 1. The predicted octanol–water partition coefficient (Wildman–Crippen LogP) is 1.80. The van der Waals surface area contributed by atoms with Crippen molar-refractivity contribution in [2.75, 3.05) is 19.7 Å². The number of para-hydroxylation sites is 1. The minimum Gasteiger partial charge on any atom is -0.463 e. The molecular weight excluding hydrogens is 244 g/mol. The van der Waals surface area contributed by atoms with E-state index >= 15 is 0 Å². The SMILES string of the molecule is N#CC1CN(C(=O)c2coc3ccccc23)CCO1. The summed E-state index contributed by atoms with van der Waals surface area (Å²) >= 11 is 0. The first-order valence-corrected chi connectivity index (χ1v) is 6.06. The van der Waals surface area contributed by atoms with Crippen LogP contribution in [0.4, 0.5) is 0 Å². The van der Waals surface area contributed by atoms with Crippen molar-refractivity contribution in [3.8, 4) is 6.07 Å². The van der Waals surface area contributed by atoms with Gasteiger partial charge in [-0.05, 0) is 6.07 Å². The van der Waals surface area contributed by atoms with E-state index in [1.165, 1.54) is 6.26 Å². The second-order valence-electron chi connectivity index (χ2n) is 4.39. The van der Waals surface area contributed by atoms with E-state index in [0.29, 0.717) is 30.8 Å². The zero-order chi connectivity index (χ0) is 13.2. The van der Waals surface area contributed by atoms with E-state index in [1.54, 1.807) is 4.90 Å². The third-order valence-corrected chi connectivity index (χ3v) is 3.21. The third kappa shape index (κ3) is 2.07. The van der Waals surface area contributed by atoms with Crippen molar-refractivity contribution in [3.05, 3.63) is 36.1 Å². The predicted molar refractivity (Wildman–Crippen MR) is 67.5 cm³/mol. The molecule has 0 radical (unpaired) electrons. The summed E-state index contributed by atoms with van der Waals surface area (Å²) < 4.78 is 10.6. The summed E-state index contributed by atoms with van der Waals surface area (Å²) in [6.07, 6.45) is 0.931. The normalized spacial score (nSPS) is 19.3. The first-order chi connectivity index (χ1) is 9.29. The molecule has 0 bridgehead atoms. The summed E-state index contributed by atoms with van der Waals surface area (Å²) in [6.45, 7) is 1.19. The molecule has 5 heteroatoms. The van der Waals surface area contributed by atoms with Crippen LogP contribution in [0, 0.1) is 11.3 Å². The molecule has 1 aromatic carbocycles. The molecule has 1 amide bonds. The number of morpholine rings is 1. The van der Waals surface area contributed by atoms with E-state index in [-0.39, 0.29) is 5.91 Å². The van der Waals surface area contributed by atoms with Crippen LogP contribution in [0.15, 0.2) is 34.9 Å². The Balaban J connectivity index is 1.90. The fourth-order valence-corrected chi connectivity index (χ4v) is 2.23. The van der Waals surface area contributed by atoms with Gasteiger partial charge >= 0.3 is 0 Å². The summed E-state index contributed by atoms with van der Waals surface area (Å²) in [7, 11) is 0. The largest absolute Gasteiger partial charge is 0.463 e. The summed E-state index contributed by atoms with van der Waals surface area (Å²) in [4.78, 5) is 14.1. The van der Waals surface area contributed by atoms with E-state index in [0.717, 1.165) is 5.39 Å². The Bertz CT molecular complexity index is 656. The van der Waals surface area contributed by atoms with Crippen LogP contribution < -0.4 is 0 Å². The van der Waals surface area contributed by atoms with Gasteiger partial charge in [0.2, 0.25) is 0 Å². The van der Waals surface area contributed by atoms with Gasteiger partial charge < -0.3 is 14.1 Å². The molecule has 19 heavy (non-hydrogen) atoms. The molecule has 3 rings (SSSR count). The number of amides is 1. The van der Waals surface area contributed by atoms with Crippen molar-refractivity contribution in [2.24, 2.45) is 0 Å². The lowest BCUT2D eigenvalue weighted by molar-refractivity contribution is 0.00351. The minimum absolute atomic E-state index is 0.117. The van der Waals surface area contributed by atoms with Crippen LogP contribution in [0.1, 0.15) is 10.4 Å². The van der Waals surface area contributed by atoms with E-state index < -0.39 is 6.10 Å². The highest BCUT2D eigenvalue weighted by molar-refractivity contribution is 6.05. The number of hydrogen-bond donors (Lipinski definition) is 0. The molecule has 1 aliphatic rings. The average Bonchev–Trinajstić information content (AvgIpc) is 2.90. The van der Waals surface area contributed by atoms with Gasteiger partial charge in [-0.1, -0.05) is 18.2 Å². The number of carbonyl (C=O) groups is 1. The van der Waals surface area contributed by atoms with Gasteiger partial charge in [-0.25, -0.2) is 0 Å². The Morgan fingerprint density at radius 1 is 1.42 bits per heavy atom. The molecule has 0 aliphatic carbocycles. The molecule has 0 spiro atoms. The molecule has 1 atom stereocenters. The monoisotopic (exact) mass is 256 g/mol. The van der Waals surface area contributed by atoms with Crippen molar-refractivity contribution in [1.82, 2.24) is 4.90 Å². The van der Waals surface area contributed by atoms with Gasteiger partial charge in [0.1, 0.15) is 11.8 Å².